The van der Waals surface area contributed by atoms with Crippen molar-refractivity contribution < 1.29 is 14.3 Å². The van der Waals surface area contributed by atoms with Gasteiger partial charge in [-0.3, -0.25) is 0 Å². The monoisotopic (exact) mass is 265 g/mol. The first-order valence-corrected chi connectivity index (χ1v) is 6.81. The molecular weight excluding hydrogens is 242 g/mol. The predicted molar refractivity (Wildman–Crippen MR) is 75.0 cm³/mol. The highest BCUT2D eigenvalue weighted by Gasteiger charge is 2.21. The molecule has 0 aliphatic heterocycles. The fraction of sp³-hybridized carbons (Fsp3) is 0.533. The number of rotatable bonds is 7. The van der Waals surface area contributed by atoms with Crippen molar-refractivity contribution in [2.75, 3.05) is 6.61 Å². The molecule has 0 bridgehead atoms. The topological polar surface area (TPSA) is 61.5 Å². The maximum absolute atomic E-state index is 11.8. The van der Waals surface area contributed by atoms with Crippen LogP contribution in [-0.4, -0.2) is 18.7 Å². The van der Waals surface area contributed by atoms with E-state index < -0.39 is 6.10 Å². The quantitative estimate of drug-likeness (QED) is 0.770. The third-order valence-electron chi connectivity index (χ3n) is 2.95. The zero-order valence-corrected chi connectivity index (χ0v) is 11.9. The van der Waals surface area contributed by atoms with E-state index in [1.165, 1.54) is 0 Å². The van der Waals surface area contributed by atoms with Crippen LogP contribution in [-0.2, 0) is 9.53 Å². The lowest BCUT2D eigenvalue weighted by Crippen LogP contribution is -2.29. The number of hydrogen-bond donors (Lipinski definition) is 1. The summed E-state index contributed by atoms with van der Waals surface area (Å²) in [5, 5.41) is 0. The van der Waals surface area contributed by atoms with Crippen LogP contribution in [0.15, 0.2) is 24.3 Å². The van der Waals surface area contributed by atoms with E-state index in [2.05, 4.69) is 0 Å². The summed E-state index contributed by atoms with van der Waals surface area (Å²) in [5.74, 6) is 0.335. The van der Waals surface area contributed by atoms with Crippen LogP contribution < -0.4 is 10.5 Å². The van der Waals surface area contributed by atoms with Crippen LogP contribution in [0.25, 0.3) is 0 Å². The van der Waals surface area contributed by atoms with Gasteiger partial charge in [0.15, 0.2) is 6.10 Å². The molecule has 2 N–H and O–H groups in total. The average molecular weight is 265 g/mol. The maximum atomic E-state index is 11.8. The Labute approximate surface area is 114 Å². The van der Waals surface area contributed by atoms with Crippen molar-refractivity contribution in [3.63, 3.8) is 0 Å². The molecule has 0 aliphatic carbocycles. The highest BCUT2D eigenvalue weighted by Crippen LogP contribution is 2.26. The fourth-order valence-electron chi connectivity index (χ4n) is 1.80. The van der Waals surface area contributed by atoms with Crippen molar-refractivity contribution in [2.24, 2.45) is 5.73 Å². The van der Waals surface area contributed by atoms with Gasteiger partial charge in [-0.05, 0) is 25.8 Å². The van der Waals surface area contributed by atoms with E-state index in [0.29, 0.717) is 18.8 Å². The first kappa shape index (κ1) is 15.5. The van der Waals surface area contributed by atoms with Gasteiger partial charge >= 0.3 is 5.97 Å². The summed E-state index contributed by atoms with van der Waals surface area (Å²) in [6, 6.07) is 7.48. The third kappa shape index (κ3) is 4.24. The number of para-hydroxylation sites is 1. The fourth-order valence-corrected chi connectivity index (χ4v) is 1.80. The Morgan fingerprint density at radius 1 is 1.21 bits per heavy atom. The van der Waals surface area contributed by atoms with Crippen LogP contribution in [0.3, 0.4) is 0 Å². The highest BCUT2D eigenvalue weighted by atomic mass is 16.6. The van der Waals surface area contributed by atoms with E-state index in [1.54, 1.807) is 6.92 Å². The molecule has 0 heterocycles. The van der Waals surface area contributed by atoms with Gasteiger partial charge in [0.2, 0.25) is 0 Å². The van der Waals surface area contributed by atoms with Crippen LogP contribution in [0, 0.1) is 0 Å². The van der Waals surface area contributed by atoms with Crippen LogP contribution in [0.1, 0.15) is 45.2 Å². The molecule has 4 heteroatoms. The second-order valence-electron chi connectivity index (χ2n) is 4.32. The molecule has 1 unspecified atom stereocenters. The summed E-state index contributed by atoms with van der Waals surface area (Å²) in [7, 11) is 0. The smallest absolute Gasteiger partial charge is 0.347 e. The van der Waals surface area contributed by atoms with Crippen molar-refractivity contribution in [3.05, 3.63) is 29.8 Å². The van der Waals surface area contributed by atoms with Crippen molar-refractivity contribution in [2.45, 2.75) is 45.8 Å². The molecule has 0 saturated heterocycles. The van der Waals surface area contributed by atoms with Gasteiger partial charge in [0, 0.05) is 11.6 Å². The van der Waals surface area contributed by atoms with Crippen LogP contribution in [0.2, 0.25) is 0 Å². The standard InChI is InChI=1S/C15H23NO3/c1-4-12(16)11-9-7-8-10-14(11)19-13(5-2)15(17)18-6-3/h7-10,12-13H,4-6,16H2,1-3H3/t12-,13?/m1/s1. The molecule has 1 rings (SSSR count). The minimum atomic E-state index is -0.579. The zero-order chi connectivity index (χ0) is 14.3. The average Bonchev–Trinajstić information content (AvgIpc) is 2.44. The molecule has 19 heavy (non-hydrogen) atoms. The Hall–Kier alpha value is -1.55. The molecule has 0 radical (unpaired) electrons. The minimum absolute atomic E-state index is 0.0871. The summed E-state index contributed by atoms with van der Waals surface area (Å²) in [6.45, 7) is 6.05. The first-order valence-electron chi connectivity index (χ1n) is 6.81. The van der Waals surface area contributed by atoms with Crippen LogP contribution >= 0.6 is 0 Å². The van der Waals surface area contributed by atoms with Gasteiger partial charge < -0.3 is 15.2 Å². The van der Waals surface area contributed by atoms with Crippen LogP contribution in [0.4, 0.5) is 0 Å². The Morgan fingerprint density at radius 2 is 1.89 bits per heavy atom. The summed E-state index contributed by atoms with van der Waals surface area (Å²) >= 11 is 0. The summed E-state index contributed by atoms with van der Waals surface area (Å²) in [5.41, 5.74) is 6.97. The van der Waals surface area contributed by atoms with Crippen LogP contribution in [0.5, 0.6) is 5.75 Å². The second kappa shape index (κ2) is 7.79. The minimum Gasteiger partial charge on any atom is -0.478 e. The number of ether oxygens (including phenoxy) is 2. The molecule has 4 nitrogen and oxygen atoms in total. The van der Waals surface area contributed by atoms with E-state index in [4.69, 9.17) is 15.2 Å². The lowest BCUT2D eigenvalue weighted by molar-refractivity contribution is -0.151. The van der Waals surface area contributed by atoms with Crippen molar-refractivity contribution >= 4 is 5.97 Å². The third-order valence-corrected chi connectivity index (χ3v) is 2.95. The molecule has 1 aromatic rings. The number of esters is 1. The molecule has 2 atom stereocenters. The van der Waals surface area contributed by atoms with Gasteiger partial charge in [-0.2, -0.15) is 0 Å². The first-order chi connectivity index (χ1) is 9.13. The summed E-state index contributed by atoms with van der Waals surface area (Å²) < 4.78 is 10.8. The molecule has 0 spiro atoms. The summed E-state index contributed by atoms with van der Waals surface area (Å²) in [6.07, 6.45) is 0.802. The van der Waals surface area contributed by atoms with E-state index in [0.717, 1.165) is 12.0 Å². The lowest BCUT2D eigenvalue weighted by atomic mass is 10.0. The number of nitrogens with two attached hydrogens (primary N) is 1. The van der Waals surface area contributed by atoms with Gasteiger partial charge in [0.05, 0.1) is 6.61 Å². The number of hydrogen-bond acceptors (Lipinski definition) is 4. The van der Waals surface area contributed by atoms with E-state index >= 15 is 0 Å². The van der Waals surface area contributed by atoms with Crippen molar-refractivity contribution in [3.8, 4) is 5.75 Å². The Balaban J connectivity index is 2.88. The molecule has 0 amide bonds. The van der Waals surface area contributed by atoms with Crippen molar-refractivity contribution in [1.82, 2.24) is 0 Å². The second-order valence-corrected chi connectivity index (χ2v) is 4.32. The number of carbonyl (C=O) groups is 1. The molecule has 0 fully saturated rings. The highest BCUT2D eigenvalue weighted by molar-refractivity contribution is 5.75. The molecular formula is C15H23NO3. The maximum Gasteiger partial charge on any atom is 0.347 e. The van der Waals surface area contributed by atoms with Gasteiger partial charge in [-0.15, -0.1) is 0 Å². The largest absolute Gasteiger partial charge is 0.478 e. The molecule has 0 aliphatic rings. The molecule has 0 aromatic heterocycles. The molecule has 0 saturated carbocycles. The van der Waals surface area contributed by atoms with Crippen molar-refractivity contribution in [1.29, 1.82) is 0 Å². The van der Waals surface area contributed by atoms with Gasteiger partial charge in [-0.25, -0.2) is 4.79 Å². The predicted octanol–water partition coefficient (Wildman–Crippen LogP) is 2.82. The zero-order valence-electron chi connectivity index (χ0n) is 11.9. The number of carbonyl (C=O) groups excluding carboxylic acids is 1. The molecule has 1 aromatic carbocycles. The van der Waals surface area contributed by atoms with Gasteiger partial charge in [0.25, 0.3) is 0 Å². The Morgan fingerprint density at radius 3 is 2.47 bits per heavy atom. The van der Waals surface area contributed by atoms with E-state index in [1.807, 2.05) is 38.1 Å². The Kier molecular flexibility index (Phi) is 6.36. The van der Waals surface area contributed by atoms with Gasteiger partial charge in [0.1, 0.15) is 5.75 Å². The molecule has 106 valence electrons. The van der Waals surface area contributed by atoms with E-state index in [-0.39, 0.29) is 12.0 Å². The van der Waals surface area contributed by atoms with Gasteiger partial charge in [-0.1, -0.05) is 32.0 Å². The Bertz CT molecular complexity index is 406. The lowest BCUT2D eigenvalue weighted by Gasteiger charge is -2.20. The normalized spacial score (nSPS) is 13.7. The van der Waals surface area contributed by atoms with E-state index in [9.17, 15) is 4.79 Å². The SMILES string of the molecule is CCOC(=O)C(CC)Oc1ccccc1[C@H](N)CC. The summed E-state index contributed by atoms with van der Waals surface area (Å²) in [4.78, 5) is 11.8. The number of benzene rings is 1.